The number of carbonyl (C=O) groups is 3. The summed E-state index contributed by atoms with van der Waals surface area (Å²) >= 11 is 0. The van der Waals surface area contributed by atoms with Gasteiger partial charge in [-0.25, -0.2) is 4.79 Å². The van der Waals surface area contributed by atoms with Crippen LogP contribution in [0.3, 0.4) is 0 Å². The van der Waals surface area contributed by atoms with E-state index >= 15 is 0 Å². The molecule has 1 heterocycles. The van der Waals surface area contributed by atoms with Crippen LogP contribution in [-0.4, -0.2) is 55.2 Å². The minimum absolute atomic E-state index is 0.139. The number of nitrogens with one attached hydrogen (secondary N) is 2. The number of benzene rings is 1. The highest BCUT2D eigenvalue weighted by atomic mass is 16.5. The maximum Gasteiger partial charge on any atom is 0.325 e. The summed E-state index contributed by atoms with van der Waals surface area (Å²) in [7, 11) is 1.61. The Morgan fingerprint density at radius 3 is 2.57 bits per heavy atom. The third-order valence-corrected chi connectivity index (χ3v) is 5.18. The topological polar surface area (TPSA) is 97.0 Å². The number of rotatable bonds is 9. The van der Waals surface area contributed by atoms with E-state index < -0.39 is 5.54 Å². The molecule has 2 aliphatic rings. The molecule has 1 aromatic carbocycles. The van der Waals surface area contributed by atoms with Gasteiger partial charge in [0.05, 0.1) is 6.61 Å². The van der Waals surface area contributed by atoms with Crippen LogP contribution < -0.4 is 15.4 Å². The Kier molecular flexibility index (Phi) is 6.51. The largest absolute Gasteiger partial charge is 0.491 e. The minimum Gasteiger partial charge on any atom is -0.491 e. The van der Waals surface area contributed by atoms with Crippen LogP contribution in [0.2, 0.25) is 0 Å². The van der Waals surface area contributed by atoms with Crippen LogP contribution in [0.15, 0.2) is 24.3 Å². The van der Waals surface area contributed by atoms with E-state index in [0.717, 1.165) is 12.8 Å². The number of nitrogens with zero attached hydrogens (tertiary/aromatic N) is 1. The van der Waals surface area contributed by atoms with Crippen molar-refractivity contribution in [1.82, 2.24) is 10.2 Å². The van der Waals surface area contributed by atoms with Gasteiger partial charge in [-0.3, -0.25) is 14.5 Å². The van der Waals surface area contributed by atoms with Crippen molar-refractivity contribution in [3.8, 4) is 5.75 Å². The lowest BCUT2D eigenvalue weighted by Crippen LogP contribution is -2.44. The summed E-state index contributed by atoms with van der Waals surface area (Å²) < 4.78 is 10.4. The highest BCUT2D eigenvalue weighted by molar-refractivity contribution is 6.07. The second-order valence-corrected chi connectivity index (χ2v) is 7.19. The summed E-state index contributed by atoms with van der Waals surface area (Å²) in [6.45, 7) is 1.23. The van der Waals surface area contributed by atoms with Gasteiger partial charge >= 0.3 is 6.03 Å². The highest BCUT2D eigenvalue weighted by Crippen LogP contribution is 2.35. The van der Waals surface area contributed by atoms with Crippen LogP contribution in [0.1, 0.15) is 38.5 Å². The molecule has 2 N–H and O–H groups in total. The maximum atomic E-state index is 12.6. The van der Waals surface area contributed by atoms with Gasteiger partial charge in [-0.2, -0.15) is 0 Å². The van der Waals surface area contributed by atoms with Crippen LogP contribution in [0.5, 0.6) is 5.75 Å². The Balaban J connectivity index is 1.41. The van der Waals surface area contributed by atoms with E-state index in [9.17, 15) is 14.4 Å². The number of urea groups is 1. The van der Waals surface area contributed by atoms with E-state index in [2.05, 4.69) is 10.6 Å². The van der Waals surface area contributed by atoms with Gasteiger partial charge < -0.3 is 20.1 Å². The van der Waals surface area contributed by atoms with Crippen molar-refractivity contribution in [2.75, 3.05) is 32.2 Å². The smallest absolute Gasteiger partial charge is 0.325 e. The average Bonchev–Trinajstić information content (AvgIpc) is 3.24. The number of amides is 4. The molecule has 0 bridgehead atoms. The molecule has 8 heteroatoms. The van der Waals surface area contributed by atoms with Crippen molar-refractivity contribution >= 4 is 23.5 Å². The first-order valence-electron chi connectivity index (χ1n) is 9.70. The summed E-state index contributed by atoms with van der Waals surface area (Å²) in [5.74, 6) is 0.407. The predicted octanol–water partition coefficient (Wildman–Crippen LogP) is 2.30. The van der Waals surface area contributed by atoms with Crippen LogP contribution in [0, 0.1) is 0 Å². The van der Waals surface area contributed by atoms with Gasteiger partial charge in [-0.1, -0.05) is 12.8 Å². The highest BCUT2D eigenvalue weighted by Gasteiger charge is 2.51. The van der Waals surface area contributed by atoms with Gasteiger partial charge in [0.15, 0.2) is 0 Å². The first-order valence-corrected chi connectivity index (χ1v) is 9.70. The molecule has 1 saturated heterocycles. The molecule has 2 fully saturated rings. The third-order valence-electron chi connectivity index (χ3n) is 5.18. The van der Waals surface area contributed by atoms with Gasteiger partial charge in [0, 0.05) is 25.8 Å². The summed E-state index contributed by atoms with van der Waals surface area (Å²) in [5.41, 5.74) is -0.0177. The third kappa shape index (κ3) is 4.62. The molecule has 152 valence electrons. The molecule has 3 rings (SSSR count). The summed E-state index contributed by atoms with van der Waals surface area (Å²) in [6, 6.07) is 6.75. The first kappa shape index (κ1) is 20.1. The Morgan fingerprint density at radius 1 is 1.18 bits per heavy atom. The summed E-state index contributed by atoms with van der Waals surface area (Å²) in [5, 5.41) is 5.66. The number of anilines is 1. The molecule has 1 saturated carbocycles. The number of methoxy groups -OCH3 is 1. The number of hydrogen-bond donors (Lipinski definition) is 2. The van der Waals surface area contributed by atoms with E-state index in [-0.39, 0.29) is 30.8 Å². The Labute approximate surface area is 164 Å². The van der Waals surface area contributed by atoms with E-state index in [4.69, 9.17) is 9.47 Å². The molecule has 1 spiro atoms. The van der Waals surface area contributed by atoms with Crippen LogP contribution in [0.25, 0.3) is 0 Å². The fourth-order valence-corrected chi connectivity index (χ4v) is 3.70. The molecule has 1 aliphatic carbocycles. The van der Waals surface area contributed by atoms with Crippen LogP contribution >= 0.6 is 0 Å². The lowest BCUT2D eigenvalue weighted by molar-refractivity contribution is -0.131. The lowest BCUT2D eigenvalue weighted by atomic mass is 9.98. The fraction of sp³-hybridized carbons (Fsp3) is 0.550. The van der Waals surface area contributed by atoms with Crippen LogP contribution in [0.4, 0.5) is 10.5 Å². The Bertz CT molecular complexity index is 713. The lowest BCUT2D eigenvalue weighted by Gasteiger charge is -2.19. The van der Waals surface area contributed by atoms with Crippen LogP contribution in [-0.2, 0) is 14.3 Å². The molecule has 28 heavy (non-hydrogen) atoms. The molecular weight excluding hydrogens is 362 g/mol. The average molecular weight is 389 g/mol. The second kappa shape index (κ2) is 9.05. The molecule has 4 amide bonds. The number of imide groups is 1. The normalized spacial score (nSPS) is 17.8. The predicted molar refractivity (Wildman–Crippen MR) is 103 cm³/mol. The molecule has 0 atom stereocenters. The number of carbonyl (C=O) groups excluding carboxylic acids is 3. The zero-order valence-electron chi connectivity index (χ0n) is 16.2. The number of ether oxygens (including phenoxy) is 2. The van der Waals surface area contributed by atoms with Crippen molar-refractivity contribution in [3.05, 3.63) is 24.3 Å². The maximum absolute atomic E-state index is 12.6. The van der Waals surface area contributed by atoms with Gasteiger partial charge in [-0.15, -0.1) is 0 Å². The molecule has 1 aliphatic heterocycles. The van der Waals surface area contributed by atoms with Gasteiger partial charge in [-0.05, 0) is 43.5 Å². The molecule has 0 aromatic heterocycles. The standard InChI is InChI=1S/C20H27N3O5/c1-27-13-14-28-16-8-6-15(7-9-16)21-17(24)5-4-12-23-18(25)20(22-19(23)26)10-2-3-11-20/h6-9H,2-5,10-14H2,1H3,(H,21,24)(H,22,26). The van der Waals surface area contributed by atoms with E-state index in [1.54, 1.807) is 31.4 Å². The fourth-order valence-electron chi connectivity index (χ4n) is 3.70. The van der Waals surface area contributed by atoms with Crippen molar-refractivity contribution in [2.24, 2.45) is 0 Å². The zero-order chi connectivity index (χ0) is 20.0. The second-order valence-electron chi connectivity index (χ2n) is 7.19. The van der Waals surface area contributed by atoms with Gasteiger partial charge in [0.2, 0.25) is 5.91 Å². The molecule has 1 aromatic rings. The number of hydrogen-bond acceptors (Lipinski definition) is 5. The molecule has 8 nitrogen and oxygen atoms in total. The van der Waals surface area contributed by atoms with E-state index in [0.29, 0.717) is 43.9 Å². The zero-order valence-corrected chi connectivity index (χ0v) is 16.2. The SMILES string of the molecule is COCCOc1ccc(NC(=O)CCCN2C(=O)NC3(CCCC3)C2=O)cc1. The summed E-state index contributed by atoms with van der Waals surface area (Å²) in [6.07, 6.45) is 3.99. The Morgan fingerprint density at radius 2 is 1.89 bits per heavy atom. The summed E-state index contributed by atoms with van der Waals surface area (Å²) in [4.78, 5) is 38.1. The van der Waals surface area contributed by atoms with Gasteiger partial charge in [0.1, 0.15) is 17.9 Å². The quantitative estimate of drug-likeness (QED) is 0.499. The van der Waals surface area contributed by atoms with Crippen molar-refractivity contribution in [3.63, 3.8) is 0 Å². The van der Waals surface area contributed by atoms with E-state index in [1.807, 2.05) is 0 Å². The van der Waals surface area contributed by atoms with Crippen molar-refractivity contribution < 1.29 is 23.9 Å². The molecule has 0 radical (unpaired) electrons. The minimum atomic E-state index is -0.688. The molecular formula is C20H27N3O5. The Hall–Kier alpha value is -2.61. The monoisotopic (exact) mass is 389 g/mol. The molecule has 0 unspecified atom stereocenters. The van der Waals surface area contributed by atoms with Crippen molar-refractivity contribution in [2.45, 2.75) is 44.1 Å². The van der Waals surface area contributed by atoms with Gasteiger partial charge in [0.25, 0.3) is 5.91 Å². The van der Waals surface area contributed by atoms with E-state index in [1.165, 1.54) is 4.90 Å². The first-order chi connectivity index (χ1) is 13.5. The van der Waals surface area contributed by atoms with Crippen molar-refractivity contribution in [1.29, 1.82) is 0 Å².